The molecule has 82 valence electrons. The van der Waals surface area contributed by atoms with Gasteiger partial charge in [0.2, 0.25) is 0 Å². The lowest BCUT2D eigenvalue weighted by atomic mass is 10.1. The van der Waals surface area contributed by atoms with E-state index in [1.807, 2.05) is 6.92 Å². The Labute approximate surface area is 87.5 Å². The van der Waals surface area contributed by atoms with E-state index < -0.39 is 12.6 Å². The molecular weight excluding hydrogens is 199 g/mol. The molecule has 0 saturated carbocycles. The van der Waals surface area contributed by atoms with Gasteiger partial charge in [0.25, 0.3) is 0 Å². The molecule has 0 radical (unpaired) electrons. The third kappa shape index (κ3) is 3.23. The van der Waals surface area contributed by atoms with E-state index in [9.17, 15) is 9.18 Å². The van der Waals surface area contributed by atoms with Crippen LogP contribution in [0.15, 0.2) is 18.2 Å². The van der Waals surface area contributed by atoms with E-state index in [0.29, 0.717) is 5.75 Å². The predicted octanol–water partition coefficient (Wildman–Crippen LogP) is 2.43. The minimum absolute atomic E-state index is 0.111. The molecule has 15 heavy (non-hydrogen) atoms. The van der Waals surface area contributed by atoms with E-state index in [1.54, 1.807) is 12.1 Å². The number of carbonyl (C=O) groups is 1. The van der Waals surface area contributed by atoms with Crippen LogP contribution in [0.2, 0.25) is 0 Å². The molecule has 0 unspecified atom stereocenters. The zero-order valence-corrected chi connectivity index (χ0v) is 8.50. The third-order valence-electron chi connectivity index (χ3n) is 1.90. The summed E-state index contributed by atoms with van der Waals surface area (Å²) < 4.78 is 17.0. The second kappa shape index (κ2) is 5.34. The molecule has 0 aliphatic carbocycles. The summed E-state index contributed by atoms with van der Waals surface area (Å²) in [5.41, 5.74) is 1.02. The van der Waals surface area contributed by atoms with Crippen molar-refractivity contribution in [2.45, 2.75) is 13.3 Å². The zero-order valence-electron chi connectivity index (χ0n) is 8.50. The van der Waals surface area contributed by atoms with Crippen LogP contribution in [-0.4, -0.2) is 24.4 Å². The number of aromatic carboxylic acids is 1. The molecule has 1 rings (SSSR count). The van der Waals surface area contributed by atoms with Crippen LogP contribution < -0.4 is 4.74 Å². The number of carboxylic acid groups (broad SMARTS) is 1. The summed E-state index contributed by atoms with van der Waals surface area (Å²) >= 11 is 0. The van der Waals surface area contributed by atoms with Crippen LogP contribution in [0.25, 0.3) is 0 Å². The average Bonchev–Trinajstić information content (AvgIpc) is 2.18. The van der Waals surface area contributed by atoms with Crippen LogP contribution >= 0.6 is 0 Å². The number of hydrogen-bond acceptors (Lipinski definition) is 2. The lowest BCUT2D eigenvalue weighted by Crippen LogP contribution is -2.05. The third-order valence-corrected chi connectivity index (χ3v) is 1.90. The fraction of sp³-hybridized carbons (Fsp3) is 0.364. The van der Waals surface area contributed by atoms with Gasteiger partial charge in [-0.05, 0) is 24.6 Å². The number of alkyl halides is 1. The van der Waals surface area contributed by atoms with E-state index in [4.69, 9.17) is 9.84 Å². The molecule has 0 saturated heterocycles. The maximum absolute atomic E-state index is 11.8. The summed E-state index contributed by atoms with van der Waals surface area (Å²) in [5, 5.41) is 8.86. The van der Waals surface area contributed by atoms with E-state index >= 15 is 0 Å². The maximum atomic E-state index is 11.8. The van der Waals surface area contributed by atoms with Crippen LogP contribution in [0.3, 0.4) is 0 Å². The number of carboxylic acids is 1. The first-order valence-electron chi connectivity index (χ1n) is 4.68. The van der Waals surface area contributed by atoms with Gasteiger partial charge in [0.1, 0.15) is 11.3 Å². The number of benzene rings is 1. The van der Waals surface area contributed by atoms with Crippen LogP contribution in [0.5, 0.6) is 5.75 Å². The summed E-state index contributed by atoms with van der Waals surface area (Å²) in [4.78, 5) is 10.8. The summed E-state index contributed by atoms with van der Waals surface area (Å²) in [6, 6.07) is 4.83. The van der Waals surface area contributed by atoms with E-state index in [1.165, 1.54) is 6.07 Å². The molecule has 0 spiro atoms. The van der Waals surface area contributed by atoms with E-state index in [-0.39, 0.29) is 18.6 Å². The monoisotopic (exact) mass is 212 g/mol. The highest BCUT2D eigenvalue weighted by Gasteiger charge is 2.10. The van der Waals surface area contributed by atoms with Crippen molar-refractivity contribution in [2.24, 2.45) is 0 Å². The second-order valence-corrected chi connectivity index (χ2v) is 3.20. The molecule has 3 nitrogen and oxygen atoms in total. The molecule has 0 aliphatic heterocycles. The summed E-state index contributed by atoms with van der Waals surface area (Å²) in [5.74, 6) is -0.735. The number of hydrogen-bond donors (Lipinski definition) is 1. The van der Waals surface area contributed by atoms with Gasteiger partial charge in [-0.1, -0.05) is 6.07 Å². The summed E-state index contributed by atoms with van der Waals surface area (Å²) in [7, 11) is 0. The summed E-state index contributed by atoms with van der Waals surface area (Å²) in [6.07, 6.45) is 0.271. The van der Waals surface area contributed by atoms with E-state index in [2.05, 4.69) is 0 Å². The van der Waals surface area contributed by atoms with Gasteiger partial charge >= 0.3 is 5.97 Å². The van der Waals surface area contributed by atoms with Crippen LogP contribution in [0.4, 0.5) is 4.39 Å². The van der Waals surface area contributed by atoms with Crippen molar-refractivity contribution in [1.82, 2.24) is 0 Å². The standard InChI is InChI=1S/C11H13FO3/c1-8-3-4-9(11(13)14)10(7-8)15-6-2-5-12/h3-4,7H,2,5-6H2,1H3,(H,13,14). The van der Waals surface area contributed by atoms with Gasteiger partial charge in [-0.25, -0.2) is 4.79 Å². The minimum atomic E-state index is -1.04. The largest absolute Gasteiger partial charge is 0.493 e. The number of aryl methyl sites for hydroxylation is 1. The smallest absolute Gasteiger partial charge is 0.339 e. The Bertz CT molecular complexity index is 350. The van der Waals surface area contributed by atoms with Gasteiger partial charge in [-0.15, -0.1) is 0 Å². The molecule has 0 fully saturated rings. The number of rotatable bonds is 5. The average molecular weight is 212 g/mol. The Kier molecular flexibility index (Phi) is 4.09. The second-order valence-electron chi connectivity index (χ2n) is 3.20. The molecule has 4 heteroatoms. The maximum Gasteiger partial charge on any atom is 0.339 e. The Morgan fingerprint density at radius 2 is 2.27 bits per heavy atom. The molecule has 0 aromatic heterocycles. The van der Waals surface area contributed by atoms with Crippen molar-refractivity contribution in [3.63, 3.8) is 0 Å². The molecule has 0 aliphatic rings. The Morgan fingerprint density at radius 3 is 2.87 bits per heavy atom. The van der Waals surface area contributed by atoms with Gasteiger partial charge in [0, 0.05) is 6.42 Å². The number of halogens is 1. The SMILES string of the molecule is Cc1ccc(C(=O)O)c(OCCCF)c1. The van der Waals surface area contributed by atoms with Gasteiger partial charge in [-0.3, -0.25) is 4.39 Å². The van der Waals surface area contributed by atoms with Crippen molar-refractivity contribution < 1.29 is 19.0 Å². The van der Waals surface area contributed by atoms with Gasteiger partial charge in [0.15, 0.2) is 0 Å². The van der Waals surface area contributed by atoms with Crippen LogP contribution in [0, 0.1) is 6.92 Å². The van der Waals surface area contributed by atoms with Crippen LogP contribution in [-0.2, 0) is 0 Å². The molecule has 0 bridgehead atoms. The lowest BCUT2D eigenvalue weighted by molar-refractivity contribution is 0.0692. The number of ether oxygens (including phenoxy) is 1. The van der Waals surface area contributed by atoms with Crippen molar-refractivity contribution in [2.75, 3.05) is 13.3 Å². The molecule has 1 aromatic rings. The highest BCUT2D eigenvalue weighted by Crippen LogP contribution is 2.20. The highest BCUT2D eigenvalue weighted by atomic mass is 19.1. The molecule has 1 N–H and O–H groups in total. The molecule has 0 heterocycles. The Morgan fingerprint density at radius 1 is 1.53 bits per heavy atom. The first kappa shape index (κ1) is 11.5. The van der Waals surface area contributed by atoms with Gasteiger partial charge in [0.05, 0.1) is 13.3 Å². The topological polar surface area (TPSA) is 46.5 Å². The zero-order chi connectivity index (χ0) is 11.3. The molecule has 0 amide bonds. The quantitative estimate of drug-likeness (QED) is 0.762. The summed E-state index contributed by atoms with van der Waals surface area (Å²) in [6.45, 7) is 1.57. The van der Waals surface area contributed by atoms with Gasteiger partial charge in [-0.2, -0.15) is 0 Å². The van der Waals surface area contributed by atoms with Gasteiger partial charge < -0.3 is 9.84 Å². The molecular formula is C11H13FO3. The van der Waals surface area contributed by atoms with Crippen molar-refractivity contribution in [3.05, 3.63) is 29.3 Å². The normalized spacial score (nSPS) is 10.0. The van der Waals surface area contributed by atoms with Crippen molar-refractivity contribution >= 4 is 5.97 Å². The highest BCUT2D eigenvalue weighted by molar-refractivity contribution is 5.90. The fourth-order valence-electron chi connectivity index (χ4n) is 1.16. The lowest BCUT2D eigenvalue weighted by Gasteiger charge is -2.08. The fourth-order valence-corrected chi connectivity index (χ4v) is 1.16. The predicted molar refractivity (Wildman–Crippen MR) is 54.2 cm³/mol. The Hall–Kier alpha value is -1.58. The van der Waals surface area contributed by atoms with Crippen LogP contribution in [0.1, 0.15) is 22.3 Å². The van der Waals surface area contributed by atoms with Crippen molar-refractivity contribution in [1.29, 1.82) is 0 Å². The first-order valence-corrected chi connectivity index (χ1v) is 4.68. The minimum Gasteiger partial charge on any atom is -0.493 e. The molecule has 0 atom stereocenters. The Balaban J connectivity index is 2.82. The van der Waals surface area contributed by atoms with E-state index in [0.717, 1.165) is 5.56 Å². The first-order chi connectivity index (χ1) is 7.15. The molecule has 1 aromatic carbocycles. The van der Waals surface area contributed by atoms with Crippen molar-refractivity contribution in [3.8, 4) is 5.75 Å².